The van der Waals surface area contributed by atoms with Crippen LogP contribution in [0.1, 0.15) is 36.5 Å². The van der Waals surface area contributed by atoms with Crippen molar-refractivity contribution in [2.24, 2.45) is 5.92 Å². The number of carbonyl (C=O) groups is 1. The number of carbonyl (C=O) groups excluding carboxylic acids is 1. The normalized spacial score (nSPS) is 12.8. The quantitative estimate of drug-likeness (QED) is 0.859. The van der Waals surface area contributed by atoms with E-state index in [1.807, 2.05) is 20.8 Å². The summed E-state index contributed by atoms with van der Waals surface area (Å²) in [4.78, 5) is 12.3. The van der Waals surface area contributed by atoms with Gasteiger partial charge in [-0.1, -0.05) is 13.8 Å². The van der Waals surface area contributed by atoms with E-state index in [0.29, 0.717) is 12.0 Å². The molecule has 1 amide bonds. The van der Waals surface area contributed by atoms with Gasteiger partial charge in [-0.2, -0.15) is 0 Å². The van der Waals surface area contributed by atoms with Crippen LogP contribution in [0.2, 0.25) is 0 Å². The van der Waals surface area contributed by atoms with Crippen LogP contribution < -0.4 is 5.32 Å². The van der Waals surface area contributed by atoms with Gasteiger partial charge in [0.15, 0.2) is 5.65 Å². The predicted molar refractivity (Wildman–Crippen MR) is 75.5 cm³/mol. The molecular weight excluding hydrogens is 256 g/mol. The minimum atomic E-state index is -0.146. The molecule has 2 aromatic rings. The van der Waals surface area contributed by atoms with Crippen molar-refractivity contribution in [3.05, 3.63) is 29.7 Å². The number of fused-ring (bicyclic) bond motifs is 1. The van der Waals surface area contributed by atoms with E-state index in [-0.39, 0.29) is 24.5 Å². The Morgan fingerprint density at radius 1 is 1.40 bits per heavy atom. The van der Waals surface area contributed by atoms with E-state index in [1.165, 1.54) is 0 Å². The van der Waals surface area contributed by atoms with E-state index >= 15 is 0 Å². The zero-order valence-corrected chi connectivity index (χ0v) is 12.0. The molecular formula is C14H20N4O2. The van der Waals surface area contributed by atoms with Crippen molar-refractivity contribution in [3.8, 4) is 0 Å². The molecule has 0 fully saturated rings. The van der Waals surface area contributed by atoms with Gasteiger partial charge in [0.05, 0.1) is 5.56 Å². The molecule has 0 bridgehead atoms. The van der Waals surface area contributed by atoms with E-state index in [1.54, 1.807) is 22.7 Å². The third-order valence-electron chi connectivity index (χ3n) is 3.40. The van der Waals surface area contributed by atoms with Crippen LogP contribution >= 0.6 is 0 Å². The van der Waals surface area contributed by atoms with E-state index in [0.717, 1.165) is 11.5 Å². The molecule has 1 unspecified atom stereocenters. The Labute approximate surface area is 117 Å². The molecule has 6 nitrogen and oxygen atoms in total. The SMILES string of the molecule is Cc1nnc2ccc(C(=O)NC(CCO)C(C)C)cn12. The number of aryl methyl sites for hydroxylation is 1. The van der Waals surface area contributed by atoms with E-state index in [9.17, 15) is 4.79 Å². The van der Waals surface area contributed by atoms with Crippen molar-refractivity contribution < 1.29 is 9.90 Å². The first-order chi connectivity index (χ1) is 9.52. The van der Waals surface area contributed by atoms with Crippen LogP contribution in [-0.2, 0) is 0 Å². The number of hydrogen-bond donors (Lipinski definition) is 2. The Hall–Kier alpha value is -1.95. The molecule has 20 heavy (non-hydrogen) atoms. The molecule has 0 aliphatic rings. The number of amides is 1. The summed E-state index contributed by atoms with van der Waals surface area (Å²) >= 11 is 0. The Morgan fingerprint density at radius 2 is 2.15 bits per heavy atom. The van der Waals surface area contributed by atoms with Gasteiger partial charge in [-0.25, -0.2) is 0 Å². The van der Waals surface area contributed by atoms with E-state index in [4.69, 9.17) is 5.11 Å². The van der Waals surface area contributed by atoms with Crippen molar-refractivity contribution in [1.82, 2.24) is 19.9 Å². The number of hydrogen-bond acceptors (Lipinski definition) is 4. The Morgan fingerprint density at radius 3 is 2.80 bits per heavy atom. The minimum absolute atomic E-state index is 0.0368. The molecule has 2 rings (SSSR count). The average Bonchev–Trinajstić information content (AvgIpc) is 2.79. The van der Waals surface area contributed by atoms with Gasteiger partial charge in [-0.15, -0.1) is 10.2 Å². The van der Waals surface area contributed by atoms with Crippen LogP contribution in [0.4, 0.5) is 0 Å². The molecule has 0 spiro atoms. The second-order valence-electron chi connectivity index (χ2n) is 5.23. The maximum absolute atomic E-state index is 12.3. The van der Waals surface area contributed by atoms with Crippen molar-refractivity contribution in [2.45, 2.75) is 33.2 Å². The monoisotopic (exact) mass is 276 g/mol. The van der Waals surface area contributed by atoms with Gasteiger partial charge in [0.2, 0.25) is 0 Å². The summed E-state index contributed by atoms with van der Waals surface area (Å²) in [5.74, 6) is 0.865. The number of nitrogens with zero attached hydrogens (tertiary/aromatic N) is 3. The molecule has 0 aliphatic heterocycles. The van der Waals surface area contributed by atoms with Gasteiger partial charge in [-0.05, 0) is 31.4 Å². The van der Waals surface area contributed by atoms with Crippen LogP contribution in [0.3, 0.4) is 0 Å². The fraction of sp³-hybridized carbons (Fsp3) is 0.500. The molecule has 2 N–H and O–H groups in total. The molecule has 108 valence electrons. The van der Waals surface area contributed by atoms with Gasteiger partial charge in [0, 0.05) is 18.8 Å². The highest BCUT2D eigenvalue weighted by atomic mass is 16.3. The number of aromatic nitrogens is 3. The highest BCUT2D eigenvalue weighted by Gasteiger charge is 2.17. The largest absolute Gasteiger partial charge is 0.396 e. The van der Waals surface area contributed by atoms with Gasteiger partial charge in [0.25, 0.3) is 5.91 Å². The fourth-order valence-corrected chi connectivity index (χ4v) is 2.10. The molecule has 2 aromatic heterocycles. The summed E-state index contributed by atoms with van der Waals surface area (Å²) < 4.78 is 1.78. The first-order valence-electron chi connectivity index (χ1n) is 6.76. The lowest BCUT2D eigenvalue weighted by Gasteiger charge is -2.21. The molecule has 0 aromatic carbocycles. The third-order valence-corrected chi connectivity index (χ3v) is 3.40. The standard InChI is InChI=1S/C14H20N4O2/c1-9(2)12(6-7-19)15-14(20)11-4-5-13-17-16-10(3)18(13)8-11/h4-5,8-9,12,19H,6-7H2,1-3H3,(H,15,20). The smallest absolute Gasteiger partial charge is 0.253 e. The fourth-order valence-electron chi connectivity index (χ4n) is 2.10. The first kappa shape index (κ1) is 14.5. The Bertz CT molecular complexity index is 606. The highest BCUT2D eigenvalue weighted by Crippen LogP contribution is 2.10. The maximum atomic E-state index is 12.3. The molecule has 6 heteroatoms. The number of rotatable bonds is 5. The second-order valence-corrected chi connectivity index (χ2v) is 5.23. The van der Waals surface area contributed by atoms with Crippen LogP contribution in [0.25, 0.3) is 5.65 Å². The molecule has 0 aliphatic carbocycles. The summed E-state index contributed by atoms with van der Waals surface area (Å²) in [6.07, 6.45) is 2.29. The van der Waals surface area contributed by atoms with Gasteiger partial charge in [0.1, 0.15) is 5.82 Å². The van der Waals surface area contributed by atoms with Gasteiger partial charge >= 0.3 is 0 Å². The van der Waals surface area contributed by atoms with Crippen LogP contribution in [-0.4, -0.2) is 38.3 Å². The molecule has 0 saturated heterocycles. The highest BCUT2D eigenvalue weighted by molar-refractivity contribution is 5.94. The van der Waals surface area contributed by atoms with Crippen molar-refractivity contribution in [2.75, 3.05) is 6.61 Å². The summed E-state index contributed by atoms with van der Waals surface area (Å²) in [7, 11) is 0. The van der Waals surface area contributed by atoms with Crippen LogP contribution in [0, 0.1) is 12.8 Å². The second kappa shape index (κ2) is 6.00. The van der Waals surface area contributed by atoms with Crippen molar-refractivity contribution >= 4 is 11.6 Å². The van der Waals surface area contributed by atoms with E-state index in [2.05, 4.69) is 15.5 Å². The topological polar surface area (TPSA) is 79.5 Å². The molecule has 0 saturated carbocycles. The summed E-state index contributed by atoms with van der Waals surface area (Å²) in [6, 6.07) is 3.46. The van der Waals surface area contributed by atoms with Gasteiger partial charge < -0.3 is 10.4 Å². The lowest BCUT2D eigenvalue weighted by atomic mass is 10.0. The predicted octanol–water partition coefficient (Wildman–Crippen LogP) is 1.17. The van der Waals surface area contributed by atoms with Gasteiger partial charge in [-0.3, -0.25) is 9.20 Å². The Balaban J connectivity index is 2.19. The number of aliphatic hydroxyl groups excluding tert-OH is 1. The van der Waals surface area contributed by atoms with Crippen LogP contribution in [0.15, 0.2) is 18.3 Å². The lowest BCUT2D eigenvalue weighted by molar-refractivity contribution is 0.0916. The minimum Gasteiger partial charge on any atom is -0.396 e. The maximum Gasteiger partial charge on any atom is 0.253 e. The number of aliphatic hydroxyl groups is 1. The summed E-state index contributed by atoms with van der Waals surface area (Å²) in [5, 5.41) is 20.0. The third kappa shape index (κ3) is 2.96. The Kier molecular flexibility index (Phi) is 4.34. The summed E-state index contributed by atoms with van der Waals surface area (Å²) in [5.41, 5.74) is 1.28. The zero-order chi connectivity index (χ0) is 14.7. The van der Waals surface area contributed by atoms with Crippen molar-refractivity contribution in [3.63, 3.8) is 0 Å². The molecule has 1 atom stereocenters. The number of nitrogens with one attached hydrogen (secondary N) is 1. The zero-order valence-electron chi connectivity index (χ0n) is 12.0. The first-order valence-corrected chi connectivity index (χ1v) is 6.76. The van der Waals surface area contributed by atoms with Crippen LogP contribution in [0.5, 0.6) is 0 Å². The number of pyridine rings is 1. The molecule has 2 heterocycles. The van der Waals surface area contributed by atoms with E-state index < -0.39 is 0 Å². The lowest BCUT2D eigenvalue weighted by Crippen LogP contribution is -2.39. The van der Waals surface area contributed by atoms with Crippen molar-refractivity contribution in [1.29, 1.82) is 0 Å². The average molecular weight is 276 g/mol. The summed E-state index contributed by atoms with van der Waals surface area (Å²) in [6.45, 7) is 5.94. The molecule has 0 radical (unpaired) electrons.